The lowest BCUT2D eigenvalue weighted by atomic mass is 10.2. The zero-order chi connectivity index (χ0) is 14.0. The fourth-order valence-electron chi connectivity index (χ4n) is 1.54. The minimum absolute atomic E-state index is 0.241. The number of hydrogen-bond donors (Lipinski definition) is 2. The predicted molar refractivity (Wildman–Crippen MR) is 84.6 cm³/mol. The van der Waals surface area contributed by atoms with Gasteiger partial charge in [0.1, 0.15) is 10.8 Å². The Morgan fingerprint density at radius 3 is 2.68 bits per heavy atom. The molecule has 1 aromatic carbocycles. The van der Waals surface area contributed by atoms with Gasteiger partial charge < -0.3 is 11.1 Å². The van der Waals surface area contributed by atoms with Crippen LogP contribution in [0.5, 0.6) is 0 Å². The average molecular weight is 312 g/mol. The quantitative estimate of drug-likeness (QED) is 0.839. The minimum atomic E-state index is 0.241. The van der Waals surface area contributed by atoms with Crippen molar-refractivity contribution in [2.24, 2.45) is 5.73 Å². The van der Waals surface area contributed by atoms with Crippen LogP contribution in [0.1, 0.15) is 11.3 Å². The molecule has 0 aliphatic rings. The number of aromatic nitrogens is 1. The van der Waals surface area contributed by atoms with Gasteiger partial charge in [-0.15, -0.1) is 0 Å². The second-order valence-electron chi connectivity index (χ2n) is 3.95. The van der Waals surface area contributed by atoms with E-state index >= 15 is 0 Å². The van der Waals surface area contributed by atoms with Crippen molar-refractivity contribution in [2.75, 3.05) is 5.32 Å². The molecule has 1 aromatic heterocycles. The van der Waals surface area contributed by atoms with Gasteiger partial charge in [-0.2, -0.15) is 0 Å². The lowest BCUT2D eigenvalue weighted by Crippen LogP contribution is -2.12. The highest BCUT2D eigenvalue weighted by Gasteiger charge is 2.09. The first-order chi connectivity index (χ1) is 8.99. The molecule has 0 radical (unpaired) electrons. The summed E-state index contributed by atoms with van der Waals surface area (Å²) in [4.78, 5) is 4.53. The van der Waals surface area contributed by atoms with E-state index in [0.29, 0.717) is 27.2 Å². The molecule has 0 atom stereocenters. The van der Waals surface area contributed by atoms with Gasteiger partial charge in [-0.25, -0.2) is 4.98 Å². The van der Waals surface area contributed by atoms with Gasteiger partial charge in [0, 0.05) is 0 Å². The summed E-state index contributed by atoms with van der Waals surface area (Å²) in [6.07, 6.45) is 0. The zero-order valence-electron chi connectivity index (χ0n) is 10.1. The maximum absolute atomic E-state index is 6.23. The molecule has 3 N–H and O–H groups in total. The molecule has 3 nitrogen and oxygen atoms in total. The lowest BCUT2D eigenvalue weighted by molar-refractivity contribution is 1.28. The van der Waals surface area contributed by atoms with E-state index in [4.69, 9.17) is 41.2 Å². The van der Waals surface area contributed by atoms with Crippen LogP contribution in [0.15, 0.2) is 30.3 Å². The van der Waals surface area contributed by atoms with Gasteiger partial charge in [-0.3, -0.25) is 0 Å². The van der Waals surface area contributed by atoms with E-state index in [1.807, 2.05) is 13.0 Å². The van der Waals surface area contributed by atoms with Gasteiger partial charge in [0.05, 0.1) is 21.4 Å². The summed E-state index contributed by atoms with van der Waals surface area (Å²) in [5.41, 5.74) is 7.64. The molecule has 6 heteroatoms. The van der Waals surface area contributed by atoms with Crippen LogP contribution in [-0.2, 0) is 0 Å². The second kappa shape index (κ2) is 5.74. The number of halogens is 2. The Balaban J connectivity index is 2.39. The number of nitrogens with two attached hydrogens (primary N) is 1. The molecule has 0 aliphatic heterocycles. The number of nitrogens with zero attached hydrogens (tertiary/aromatic N) is 1. The predicted octanol–water partition coefficient (Wildman–Crippen LogP) is 4.07. The summed E-state index contributed by atoms with van der Waals surface area (Å²) < 4.78 is 0. The Labute approximate surface area is 126 Å². The minimum Gasteiger partial charge on any atom is -0.388 e. The number of aryl methyl sites for hydroxylation is 1. The third-order valence-corrected chi connectivity index (χ3v) is 3.55. The van der Waals surface area contributed by atoms with Gasteiger partial charge in [0.15, 0.2) is 0 Å². The summed E-state index contributed by atoms with van der Waals surface area (Å²) in [7, 11) is 0. The maximum Gasteiger partial charge on any atom is 0.131 e. The molecule has 0 saturated carbocycles. The molecular formula is C13H11Cl2N3S. The fourth-order valence-corrected chi connectivity index (χ4v) is 2.12. The van der Waals surface area contributed by atoms with Gasteiger partial charge in [0.25, 0.3) is 0 Å². The molecule has 0 bridgehead atoms. The SMILES string of the molecule is Cc1ccc(Cl)c(Nc2cccc(C(N)=S)n2)c1Cl. The third-order valence-electron chi connectivity index (χ3n) is 2.54. The van der Waals surface area contributed by atoms with Crippen LogP contribution in [0.2, 0.25) is 10.0 Å². The molecule has 0 saturated heterocycles. The highest BCUT2D eigenvalue weighted by Crippen LogP contribution is 2.34. The van der Waals surface area contributed by atoms with Crippen molar-refractivity contribution in [1.29, 1.82) is 0 Å². The smallest absolute Gasteiger partial charge is 0.131 e. The normalized spacial score (nSPS) is 10.3. The maximum atomic E-state index is 6.23. The van der Waals surface area contributed by atoms with Crippen LogP contribution in [0.25, 0.3) is 0 Å². The number of nitrogens with one attached hydrogen (secondary N) is 1. The van der Waals surface area contributed by atoms with E-state index in [9.17, 15) is 0 Å². The number of rotatable bonds is 3. The molecule has 0 fully saturated rings. The Morgan fingerprint density at radius 2 is 2.00 bits per heavy atom. The highest BCUT2D eigenvalue weighted by molar-refractivity contribution is 7.80. The molecular weight excluding hydrogens is 301 g/mol. The van der Waals surface area contributed by atoms with Crippen LogP contribution in [0.3, 0.4) is 0 Å². The Hall–Kier alpha value is -1.36. The van der Waals surface area contributed by atoms with Crippen molar-refractivity contribution in [3.05, 3.63) is 51.6 Å². The average Bonchev–Trinajstić information content (AvgIpc) is 2.39. The van der Waals surface area contributed by atoms with E-state index in [1.165, 1.54) is 0 Å². The number of thiocarbonyl (C=S) groups is 1. The van der Waals surface area contributed by atoms with Crippen molar-refractivity contribution >= 4 is 51.9 Å². The standard InChI is InChI=1S/C13H11Cl2N3S/c1-7-5-6-8(14)12(11(7)15)18-10-4-2-3-9(17-10)13(16)19/h2-6H,1H3,(H2,16,19)(H,17,18). The fraction of sp³-hybridized carbons (Fsp3) is 0.0769. The van der Waals surface area contributed by atoms with E-state index in [-0.39, 0.29) is 4.99 Å². The van der Waals surface area contributed by atoms with Gasteiger partial charge in [0.2, 0.25) is 0 Å². The lowest BCUT2D eigenvalue weighted by Gasteiger charge is -2.12. The monoisotopic (exact) mass is 311 g/mol. The highest BCUT2D eigenvalue weighted by atomic mass is 35.5. The Morgan fingerprint density at radius 1 is 1.26 bits per heavy atom. The summed E-state index contributed by atoms with van der Waals surface area (Å²) in [6.45, 7) is 1.91. The first kappa shape index (κ1) is 14.1. The van der Waals surface area contributed by atoms with Crippen LogP contribution in [0.4, 0.5) is 11.5 Å². The summed E-state index contributed by atoms with van der Waals surface area (Å²) in [6, 6.07) is 8.97. The molecule has 0 aliphatic carbocycles. The summed E-state index contributed by atoms with van der Waals surface area (Å²) in [5, 5.41) is 4.18. The summed E-state index contributed by atoms with van der Waals surface area (Å²) in [5.74, 6) is 0.583. The molecule has 2 rings (SSSR count). The molecule has 98 valence electrons. The second-order valence-corrected chi connectivity index (χ2v) is 5.18. The number of anilines is 2. The number of benzene rings is 1. The Bertz CT molecular complexity index is 644. The molecule has 1 heterocycles. The Kier molecular flexibility index (Phi) is 4.24. The topological polar surface area (TPSA) is 50.9 Å². The van der Waals surface area contributed by atoms with Crippen molar-refractivity contribution in [3.8, 4) is 0 Å². The molecule has 2 aromatic rings. The molecule has 19 heavy (non-hydrogen) atoms. The zero-order valence-corrected chi connectivity index (χ0v) is 12.4. The largest absolute Gasteiger partial charge is 0.388 e. The van der Waals surface area contributed by atoms with Crippen LogP contribution in [-0.4, -0.2) is 9.97 Å². The van der Waals surface area contributed by atoms with E-state index < -0.39 is 0 Å². The van der Waals surface area contributed by atoms with Gasteiger partial charge in [-0.1, -0.05) is 47.6 Å². The molecule has 0 spiro atoms. The van der Waals surface area contributed by atoms with E-state index in [0.717, 1.165) is 5.56 Å². The van der Waals surface area contributed by atoms with Crippen LogP contribution in [0, 0.1) is 6.92 Å². The summed E-state index contributed by atoms with van der Waals surface area (Å²) >= 11 is 17.2. The van der Waals surface area contributed by atoms with E-state index in [2.05, 4.69) is 10.3 Å². The van der Waals surface area contributed by atoms with Gasteiger partial charge >= 0.3 is 0 Å². The van der Waals surface area contributed by atoms with Crippen molar-refractivity contribution in [3.63, 3.8) is 0 Å². The van der Waals surface area contributed by atoms with E-state index in [1.54, 1.807) is 24.3 Å². The van der Waals surface area contributed by atoms with Crippen molar-refractivity contribution < 1.29 is 0 Å². The van der Waals surface area contributed by atoms with Crippen molar-refractivity contribution in [1.82, 2.24) is 4.98 Å². The number of hydrogen-bond acceptors (Lipinski definition) is 3. The van der Waals surface area contributed by atoms with Crippen molar-refractivity contribution in [2.45, 2.75) is 6.92 Å². The van der Waals surface area contributed by atoms with Gasteiger partial charge in [-0.05, 0) is 30.7 Å². The molecule has 0 unspecified atom stereocenters. The number of pyridine rings is 1. The first-order valence-electron chi connectivity index (χ1n) is 5.47. The van der Waals surface area contributed by atoms with Crippen LogP contribution >= 0.6 is 35.4 Å². The van der Waals surface area contributed by atoms with Crippen LogP contribution < -0.4 is 11.1 Å². The third kappa shape index (κ3) is 3.15. The first-order valence-corrected chi connectivity index (χ1v) is 6.64. The molecule has 0 amide bonds.